The van der Waals surface area contributed by atoms with Crippen molar-refractivity contribution < 1.29 is 15.3 Å². The Hall–Kier alpha value is -2.95. The van der Waals surface area contributed by atoms with Crippen LogP contribution in [0.5, 0.6) is 17.2 Å². The summed E-state index contributed by atoms with van der Waals surface area (Å²) < 4.78 is 5.67. The highest BCUT2D eigenvalue weighted by molar-refractivity contribution is 9.10. The molecule has 0 saturated heterocycles. The Morgan fingerprint density at radius 3 is 2.65 bits per heavy atom. The highest BCUT2D eigenvalue weighted by atomic mass is 79.9. The van der Waals surface area contributed by atoms with Gasteiger partial charge in [0.05, 0.1) is 21.3 Å². The number of rotatable bonds is 8. The topological polar surface area (TPSA) is 115 Å². The van der Waals surface area contributed by atoms with Gasteiger partial charge in [0, 0.05) is 30.8 Å². The monoisotopic (exact) mass is 501 g/mol. The summed E-state index contributed by atoms with van der Waals surface area (Å²) in [4.78, 5) is 5.28. The normalized spacial score (nSPS) is 11.1. The molecule has 0 amide bonds. The lowest BCUT2D eigenvalue weighted by Gasteiger charge is -2.12. The maximum Gasteiger partial charge on any atom is 0.172 e. The average Bonchev–Trinajstić information content (AvgIpc) is 3.13. The minimum Gasteiger partial charge on any atom is -0.508 e. The molecule has 0 bridgehead atoms. The number of para-hydroxylation sites is 1. The Labute approximate surface area is 191 Å². The first-order valence-corrected chi connectivity index (χ1v) is 11.1. The van der Waals surface area contributed by atoms with Gasteiger partial charge in [0.1, 0.15) is 23.1 Å². The van der Waals surface area contributed by atoms with Crippen LogP contribution in [0.3, 0.4) is 0 Å². The second-order valence-electron chi connectivity index (χ2n) is 6.70. The van der Waals surface area contributed by atoms with Crippen LogP contribution < -0.4 is 10.0 Å². The lowest BCUT2D eigenvalue weighted by Crippen LogP contribution is -2.13. The van der Waals surface area contributed by atoms with Crippen LogP contribution in [0.4, 0.5) is 5.82 Å². The van der Waals surface area contributed by atoms with E-state index in [2.05, 4.69) is 36.1 Å². The van der Waals surface area contributed by atoms with Gasteiger partial charge in [-0.2, -0.15) is 9.61 Å². The van der Waals surface area contributed by atoms with Crippen molar-refractivity contribution in [3.63, 3.8) is 0 Å². The Kier molecular flexibility index (Phi) is 6.50. The second-order valence-corrected chi connectivity index (χ2v) is 8.49. The fourth-order valence-corrected chi connectivity index (χ4v) is 4.04. The summed E-state index contributed by atoms with van der Waals surface area (Å²) in [6.07, 6.45) is 2.49. The molecule has 2 aromatic heterocycles. The van der Waals surface area contributed by atoms with Gasteiger partial charge in [-0.3, -0.25) is 4.72 Å². The van der Waals surface area contributed by atoms with E-state index in [0.29, 0.717) is 34.9 Å². The summed E-state index contributed by atoms with van der Waals surface area (Å²) >= 11 is 4.78. The number of aromatic nitrogens is 3. The summed E-state index contributed by atoms with van der Waals surface area (Å²) in [7, 11) is 0. The van der Waals surface area contributed by atoms with Crippen molar-refractivity contribution in [3.05, 3.63) is 59.2 Å². The smallest absolute Gasteiger partial charge is 0.172 e. The lowest BCUT2D eigenvalue weighted by molar-refractivity contribution is 0.441. The minimum absolute atomic E-state index is 0.0307. The molecule has 8 nitrogen and oxygen atoms in total. The van der Waals surface area contributed by atoms with Gasteiger partial charge in [-0.15, -0.1) is 0 Å². The number of hydrogen-bond donors (Lipinski definition) is 5. The highest BCUT2D eigenvalue weighted by Gasteiger charge is 2.13. The van der Waals surface area contributed by atoms with Gasteiger partial charge < -0.3 is 20.6 Å². The molecule has 2 aromatic carbocycles. The number of nitrogens with one attached hydrogen (secondary N) is 2. The van der Waals surface area contributed by atoms with Crippen molar-refractivity contribution >= 4 is 39.3 Å². The molecule has 0 saturated carbocycles. The highest BCUT2D eigenvalue weighted by Crippen LogP contribution is 2.31. The number of aromatic hydroxyl groups is 3. The molecule has 0 aliphatic carbocycles. The van der Waals surface area contributed by atoms with E-state index in [1.807, 2.05) is 18.2 Å². The van der Waals surface area contributed by atoms with Crippen molar-refractivity contribution in [2.24, 2.45) is 0 Å². The van der Waals surface area contributed by atoms with E-state index >= 15 is 0 Å². The van der Waals surface area contributed by atoms with Gasteiger partial charge in [-0.05, 0) is 58.6 Å². The Morgan fingerprint density at radius 2 is 1.84 bits per heavy atom. The van der Waals surface area contributed by atoms with Crippen LogP contribution in [-0.2, 0) is 0 Å². The molecule has 10 heteroatoms. The van der Waals surface area contributed by atoms with Gasteiger partial charge in [0.15, 0.2) is 5.65 Å². The molecule has 0 fully saturated rings. The predicted molar refractivity (Wildman–Crippen MR) is 125 cm³/mol. The standard InChI is InChI=1S/C21H20BrN5O3S/c22-15-12-24-27-20(11-16(26-21(15)27)14-4-1-2-5-17(14)29)23-8-3-9-25-31-19-7-6-13(28)10-18(19)30/h1-2,4-7,10-12,23,25,28-30H,3,8-9H2. The van der Waals surface area contributed by atoms with Gasteiger partial charge in [0.2, 0.25) is 0 Å². The Morgan fingerprint density at radius 1 is 1.00 bits per heavy atom. The van der Waals surface area contributed by atoms with Crippen LogP contribution >= 0.6 is 27.9 Å². The molecule has 0 atom stereocenters. The minimum atomic E-state index is 0.0307. The molecule has 0 unspecified atom stereocenters. The molecule has 5 N–H and O–H groups in total. The SMILES string of the molecule is Oc1ccc(SNCCCNc2cc(-c3ccccc3O)nc3c(Br)cnn23)c(O)c1. The third-order valence-corrected chi connectivity index (χ3v) is 5.97. The summed E-state index contributed by atoms with van der Waals surface area (Å²) in [5.41, 5.74) is 1.94. The van der Waals surface area contributed by atoms with E-state index in [1.165, 1.54) is 24.1 Å². The number of anilines is 1. The van der Waals surface area contributed by atoms with E-state index in [-0.39, 0.29) is 17.2 Å². The molecule has 31 heavy (non-hydrogen) atoms. The van der Waals surface area contributed by atoms with Crippen LogP contribution in [0.15, 0.2) is 64.1 Å². The summed E-state index contributed by atoms with van der Waals surface area (Å²) in [6, 6.07) is 13.4. The molecule has 0 aliphatic rings. The van der Waals surface area contributed by atoms with Crippen molar-refractivity contribution in [2.45, 2.75) is 11.3 Å². The summed E-state index contributed by atoms with van der Waals surface area (Å²) in [5.74, 6) is 0.997. The maximum atomic E-state index is 10.2. The van der Waals surface area contributed by atoms with Crippen molar-refractivity contribution in [3.8, 4) is 28.5 Å². The molecule has 2 heterocycles. The van der Waals surface area contributed by atoms with E-state index in [1.54, 1.807) is 28.9 Å². The first kappa shape index (κ1) is 21.3. The first-order chi connectivity index (χ1) is 15.0. The number of fused-ring (bicyclic) bond motifs is 1. The number of halogens is 1. The van der Waals surface area contributed by atoms with Gasteiger partial charge >= 0.3 is 0 Å². The number of hydrogen-bond acceptors (Lipinski definition) is 8. The molecule has 160 valence electrons. The molecule has 0 aliphatic heterocycles. The van der Waals surface area contributed by atoms with E-state index < -0.39 is 0 Å². The molecule has 0 radical (unpaired) electrons. The molecule has 4 aromatic rings. The van der Waals surface area contributed by atoms with Gasteiger partial charge in [-0.25, -0.2) is 4.98 Å². The zero-order chi connectivity index (χ0) is 21.8. The third kappa shape index (κ3) is 4.87. The Bertz CT molecular complexity index is 1220. The van der Waals surface area contributed by atoms with Crippen LogP contribution in [0.1, 0.15) is 6.42 Å². The van der Waals surface area contributed by atoms with Crippen LogP contribution in [0.25, 0.3) is 16.9 Å². The van der Waals surface area contributed by atoms with Crippen LogP contribution in [0.2, 0.25) is 0 Å². The first-order valence-electron chi connectivity index (χ1n) is 9.51. The van der Waals surface area contributed by atoms with Gasteiger partial charge in [-0.1, -0.05) is 12.1 Å². The number of phenolic OH excluding ortho intramolecular Hbond substituents is 3. The molecular formula is C21H20BrN5O3S. The van der Waals surface area contributed by atoms with Crippen LogP contribution in [0, 0.1) is 0 Å². The summed E-state index contributed by atoms with van der Waals surface area (Å²) in [6.45, 7) is 1.37. The van der Waals surface area contributed by atoms with Crippen molar-refractivity contribution in [2.75, 3.05) is 18.4 Å². The van der Waals surface area contributed by atoms with Crippen molar-refractivity contribution in [1.82, 2.24) is 19.3 Å². The fourth-order valence-electron chi connectivity index (χ4n) is 2.99. The molecule has 0 spiro atoms. The molecular weight excluding hydrogens is 482 g/mol. The predicted octanol–water partition coefficient (Wildman–Crippen LogP) is 4.37. The van der Waals surface area contributed by atoms with Crippen LogP contribution in [-0.4, -0.2) is 43.0 Å². The zero-order valence-corrected chi connectivity index (χ0v) is 18.7. The lowest BCUT2D eigenvalue weighted by atomic mass is 10.1. The second kappa shape index (κ2) is 9.46. The third-order valence-electron chi connectivity index (χ3n) is 4.50. The number of benzene rings is 2. The van der Waals surface area contributed by atoms with Crippen molar-refractivity contribution in [1.29, 1.82) is 0 Å². The average molecular weight is 502 g/mol. The van der Waals surface area contributed by atoms with Gasteiger partial charge in [0.25, 0.3) is 0 Å². The quantitative estimate of drug-likeness (QED) is 0.178. The largest absolute Gasteiger partial charge is 0.508 e. The van der Waals surface area contributed by atoms with E-state index in [9.17, 15) is 15.3 Å². The van der Waals surface area contributed by atoms with E-state index in [0.717, 1.165) is 16.7 Å². The van der Waals surface area contributed by atoms with E-state index in [4.69, 9.17) is 0 Å². The Balaban J connectivity index is 1.40. The number of phenols is 3. The molecule has 4 rings (SSSR count). The maximum absolute atomic E-state index is 10.2. The fraction of sp³-hybridized carbons (Fsp3) is 0.143. The zero-order valence-electron chi connectivity index (χ0n) is 16.3. The number of nitrogens with zero attached hydrogens (tertiary/aromatic N) is 3. The summed E-state index contributed by atoms with van der Waals surface area (Å²) in [5, 5.41) is 37.1.